The van der Waals surface area contributed by atoms with Crippen molar-refractivity contribution in [3.63, 3.8) is 0 Å². The standard InChI is InChI=1S/C17H28O2/c1-7-17(5,6)15(18)14-11-8-9-13(19-14)12(10-11)16(2,3)4/h11-13H,1,7-10H2,2-6H3. The molecule has 1 aliphatic carbocycles. The SMILES string of the molecule is [CH2]CC(C)(C)C(=O)[C]1OC2CCC1CC2C(C)(C)C. The summed E-state index contributed by atoms with van der Waals surface area (Å²) in [6, 6.07) is 0. The van der Waals surface area contributed by atoms with Crippen LogP contribution in [0, 0.1) is 35.7 Å². The highest BCUT2D eigenvalue weighted by molar-refractivity contribution is 5.95. The zero-order chi connectivity index (χ0) is 14.4. The summed E-state index contributed by atoms with van der Waals surface area (Å²) < 4.78 is 6.11. The van der Waals surface area contributed by atoms with E-state index in [0.29, 0.717) is 18.3 Å². The van der Waals surface area contributed by atoms with Crippen LogP contribution in [0.5, 0.6) is 0 Å². The number of carbonyl (C=O) groups excluding carboxylic acids is 1. The van der Waals surface area contributed by atoms with Crippen LogP contribution >= 0.6 is 0 Å². The highest BCUT2D eigenvalue weighted by atomic mass is 16.5. The Morgan fingerprint density at radius 2 is 1.89 bits per heavy atom. The van der Waals surface area contributed by atoms with Gasteiger partial charge in [0.2, 0.25) is 0 Å². The summed E-state index contributed by atoms with van der Waals surface area (Å²) in [5.41, 5.74) is -0.121. The topological polar surface area (TPSA) is 26.3 Å². The van der Waals surface area contributed by atoms with Crippen LogP contribution in [0.3, 0.4) is 0 Å². The zero-order valence-electron chi connectivity index (χ0n) is 13.1. The van der Waals surface area contributed by atoms with E-state index in [1.165, 1.54) is 0 Å². The molecule has 108 valence electrons. The lowest BCUT2D eigenvalue weighted by atomic mass is 9.62. The predicted octanol–water partition coefficient (Wildman–Crippen LogP) is 4.20. The van der Waals surface area contributed by atoms with Gasteiger partial charge in [-0.25, -0.2) is 0 Å². The lowest BCUT2D eigenvalue weighted by Crippen LogP contribution is -2.51. The summed E-state index contributed by atoms with van der Waals surface area (Å²) >= 11 is 0. The van der Waals surface area contributed by atoms with Crippen LogP contribution in [0.4, 0.5) is 0 Å². The van der Waals surface area contributed by atoms with E-state index in [-0.39, 0.29) is 22.7 Å². The monoisotopic (exact) mass is 264 g/mol. The highest BCUT2D eigenvalue weighted by Gasteiger charge is 2.51. The van der Waals surface area contributed by atoms with Crippen LogP contribution in [0.25, 0.3) is 0 Å². The molecule has 2 heterocycles. The van der Waals surface area contributed by atoms with E-state index in [4.69, 9.17) is 4.74 Å². The molecule has 0 amide bonds. The summed E-state index contributed by atoms with van der Waals surface area (Å²) in [5, 5.41) is 0. The number of ether oxygens (including phenoxy) is 1. The number of rotatable bonds is 3. The first-order chi connectivity index (χ1) is 8.66. The molecule has 2 radical (unpaired) electrons. The van der Waals surface area contributed by atoms with Crippen molar-refractivity contribution < 1.29 is 9.53 Å². The molecule has 0 aromatic heterocycles. The highest BCUT2D eigenvalue weighted by Crippen LogP contribution is 2.52. The molecule has 0 aromatic carbocycles. The van der Waals surface area contributed by atoms with Gasteiger partial charge in [-0.15, -0.1) is 0 Å². The molecule has 0 N–H and O–H groups in total. The second-order valence-corrected chi connectivity index (χ2v) is 7.97. The molecule has 3 fully saturated rings. The van der Waals surface area contributed by atoms with Crippen molar-refractivity contribution >= 4 is 5.78 Å². The summed E-state index contributed by atoms with van der Waals surface area (Å²) in [5.74, 6) is 1.10. The van der Waals surface area contributed by atoms with Gasteiger partial charge < -0.3 is 4.74 Å². The van der Waals surface area contributed by atoms with Gasteiger partial charge in [0, 0.05) is 5.41 Å². The van der Waals surface area contributed by atoms with Crippen LogP contribution in [-0.4, -0.2) is 11.9 Å². The average molecular weight is 264 g/mol. The van der Waals surface area contributed by atoms with Crippen molar-refractivity contribution in [1.82, 2.24) is 0 Å². The molecule has 2 nitrogen and oxygen atoms in total. The molecular formula is C17H28O2. The summed E-state index contributed by atoms with van der Waals surface area (Å²) in [6.45, 7) is 14.7. The Hall–Kier alpha value is -0.370. The maximum absolute atomic E-state index is 12.6. The maximum atomic E-state index is 12.6. The van der Waals surface area contributed by atoms with E-state index < -0.39 is 0 Å². The normalized spacial score (nSPS) is 32.6. The van der Waals surface area contributed by atoms with Crippen LogP contribution in [0.2, 0.25) is 0 Å². The Bertz CT molecular complexity index is 351. The van der Waals surface area contributed by atoms with Crippen LogP contribution < -0.4 is 0 Å². The van der Waals surface area contributed by atoms with Crippen molar-refractivity contribution in [1.29, 1.82) is 0 Å². The molecular weight excluding hydrogens is 236 g/mol. The van der Waals surface area contributed by atoms with Gasteiger partial charge in [0.15, 0.2) is 11.9 Å². The Labute approximate surface area is 118 Å². The third-order valence-corrected chi connectivity index (χ3v) is 5.01. The molecule has 2 heteroatoms. The van der Waals surface area contributed by atoms with Gasteiger partial charge in [-0.3, -0.25) is 4.79 Å². The molecule has 0 aromatic rings. The van der Waals surface area contributed by atoms with Crippen LogP contribution in [0.1, 0.15) is 60.3 Å². The third kappa shape index (κ3) is 2.74. The number of fused-ring (bicyclic) bond motifs is 3. The van der Waals surface area contributed by atoms with E-state index in [2.05, 4.69) is 27.7 Å². The second-order valence-electron chi connectivity index (χ2n) is 7.97. The molecule has 2 saturated heterocycles. The third-order valence-electron chi connectivity index (χ3n) is 5.01. The first-order valence-electron chi connectivity index (χ1n) is 7.54. The fourth-order valence-corrected chi connectivity index (χ4v) is 3.38. The van der Waals surface area contributed by atoms with E-state index >= 15 is 0 Å². The van der Waals surface area contributed by atoms with Crippen molar-refractivity contribution in [2.75, 3.05) is 0 Å². The van der Waals surface area contributed by atoms with E-state index in [1.54, 1.807) is 0 Å². The van der Waals surface area contributed by atoms with Gasteiger partial charge in [0.1, 0.15) is 0 Å². The molecule has 2 bridgehead atoms. The van der Waals surface area contributed by atoms with E-state index in [1.807, 2.05) is 13.8 Å². The molecule has 2 aliphatic heterocycles. The lowest BCUT2D eigenvalue weighted by Gasteiger charge is -2.51. The van der Waals surface area contributed by atoms with Gasteiger partial charge in [-0.1, -0.05) is 41.5 Å². The summed E-state index contributed by atoms with van der Waals surface area (Å²) in [6.07, 6.45) is 4.95. The molecule has 0 spiro atoms. The predicted molar refractivity (Wildman–Crippen MR) is 77.2 cm³/mol. The first kappa shape index (κ1) is 15.0. The van der Waals surface area contributed by atoms with Gasteiger partial charge in [-0.2, -0.15) is 0 Å². The Balaban J connectivity index is 2.12. The van der Waals surface area contributed by atoms with Crippen LogP contribution in [0.15, 0.2) is 0 Å². The van der Waals surface area contributed by atoms with Gasteiger partial charge in [0.25, 0.3) is 0 Å². The minimum atomic E-state index is -0.385. The Kier molecular flexibility index (Phi) is 3.85. The largest absolute Gasteiger partial charge is 0.360 e. The Morgan fingerprint density at radius 1 is 1.26 bits per heavy atom. The fourth-order valence-electron chi connectivity index (χ4n) is 3.38. The second kappa shape index (κ2) is 4.87. The van der Waals surface area contributed by atoms with Crippen molar-refractivity contribution in [2.24, 2.45) is 22.7 Å². The summed E-state index contributed by atoms with van der Waals surface area (Å²) in [4.78, 5) is 12.6. The number of hydrogen-bond donors (Lipinski definition) is 0. The van der Waals surface area contributed by atoms with Crippen molar-refractivity contribution in [3.05, 3.63) is 13.0 Å². The smallest absolute Gasteiger partial charge is 0.173 e. The lowest BCUT2D eigenvalue weighted by molar-refractivity contribution is -0.157. The van der Waals surface area contributed by atoms with Gasteiger partial charge >= 0.3 is 0 Å². The van der Waals surface area contributed by atoms with Crippen molar-refractivity contribution in [2.45, 2.75) is 66.4 Å². The van der Waals surface area contributed by atoms with Crippen molar-refractivity contribution in [3.8, 4) is 0 Å². The number of hydrogen-bond acceptors (Lipinski definition) is 2. The number of Topliss-reactive ketones (excluding diaryl/α,β-unsaturated/α-hetero) is 1. The molecule has 3 aliphatic rings. The van der Waals surface area contributed by atoms with Crippen LogP contribution in [-0.2, 0) is 9.53 Å². The molecule has 19 heavy (non-hydrogen) atoms. The minimum absolute atomic E-state index is 0.185. The summed E-state index contributed by atoms with van der Waals surface area (Å²) in [7, 11) is 0. The van der Waals surface area contributed by atoms with Gasteiger partial charge in [-0.05, 0) is 42.9 Å². The number of carbonyl (C=O) groups is 1. The Morgan fingerprint density at radius 3 is 2.32 bits per heavy atom. The fraction of sp³-hybridized carbons (Fsp3) is 0.824. The maximum Gasteiger partial charge on any atom is 0.173 e. The van der Waals surface area contributed by atoms with E-state index in [0.717, 1.165) is 25.4 Å². The average Bonchev–Trinajstić information content (AvgIpc) is 2.37. The zero-order valence-corrected chi connectivity index (χ0v) is 13.1. The first-order valence-corrected chi connectivity index (χ1v) is 7.54. The molecule has 3 rings (SSSR count). The molecule has 3 unspecified atom stereocenters. The molecule has 3 atom stereocenters. The molecule has 1 saturated carbocycles. The number of ketones is 1. The van der Waals surface area contributed by atoms with E-state index in [9.17, 15) is 4.79 Å². The van der Waals surface area contributed by atoms with Gasteiger partial charge in [0.05, 0.1) is 6.10 Å². The quantitative estimate of drug-likeness (QED) is 0.763. The minimum Gasteiger partial charge on any atom is -0.360 e.